The van der Waals surface area contributed by atoms with Crippen LogP contribution in [0.5, 0.6) is 0 Å². The van der Waals surface area contributed by atoms with Gasteiger partial charge in [-0.1, -0.05) is 80.6 Å². The van der Waals surface area contributed by atoms with Gasteiger partial charge in [-0.3, -0.25) is 0 Å². The molecule has 0 spiro atoms. The summed E-state index contributed by atoms with van der Waals surface area (Å²) in [6.45, 7) is 12.6. The molecule has 0 atom stereocenters. The number of rotatable bonds is 13. The van der Waals surface area contributed by atoms with E-state index in [2.05, 4.69) is 110 Å². The Morgan fingerprint density at radius 1 is 0.625 bits per heavy atom. The Labute approximate surface area is 285 Å². The van der Waals surface area contributed by atoms with E-state index in [9.17, 15) is 9.59 Å². The molecule has 0 heterocycles. The number of anilines is 3. The molecule has 0 amide bonds. The molecule has 5 nitrogen and oxygen atoms in total. The Hall–Kier alpha value is -4.90. The van der Waals surface area contributed by atoms with Crippen LogP contribution < -0.4 is 4.90 Å². The fourth-order valence-electron chi connectivity index (χ4n) is 6.25. The molecule has 0 N–H and O–H groups in total. The summed E-state index contributed by atoms with van der Waals surface area (Å²) in [5.74, 6) is -0.504. The van der Waals surface area contributed by atoms with E-state index in [-0.39, 0.29) is 17.4 Å². The van der Waals surface area contributed by atoms with Gasteiger partial charge in [0.15, 0.2) is 0 Å². The summed E-state index contributed by atoms with van der Waals surface area (Å²) in [4.78, 5) is 26.3. The molecule has 4 aromatic rings. The van der Waals surface area contributed by atoms with Gasteiger partial charge in [-0.25, -0.2) is 9.59 Å². The molecule has 5 heteroatoms. The number of nitrogens with zero attached hydrogens (tertiary/aromatic N) is 1. The Morgan fingerprint density at radius 3 is 1.58 bits per heavy atom. The summed E-state index contributed by atoms with van der Waals surface area (Å²) < 4.78 is 10.8. The summed E-state index contributed by atoms with van der Waals surface area (Å²) in [6.07, 6.45) is 6.73. The third-order valence-electron chi connectivity index (χ3n) is 9.41. The van der Waals surface area contributed by atoms with Crippen LogP contribution in [-0.2, 0) is 37.3 Å². The van der Waals surface area contributed by atoms with Crippen LogP contribution >= 0.6 is 0 Å². The van der Waals surface area contributed by atoms with Crippen molar-refractivity contribution < 1.29 is 19.1 Å². The molecule has 5 rings (SSSR count). The minimum Gasteiger partial charge on any atom is -0.462 e. The molecule has 0 bridgehead atoms. The minimum absolute atomic E-state index is 0.106. The average molecular weight is 642 g/mol. The number of fused-ring (bicyclic) bond motifs is 3. The fraction of sp³-hybridized carbons (Fsp3) is 0.302. The number of ether oxygens (including phenoxy) is 2. The SMILES string of the molecule is C/C=C(\C)C(=O)OCCCc1ccc(N(c2ccc(CCCOC(=O)/C(C)=C/C)cc2)c2ccc3c(c2)C(C)(C)c2ccccc2-3)cc1. The summed E-state index contributed by atoms with van der Waals surface area (Å²) >= 11 is 0. The van der Waals surface area contributed by atoms with Gasteiger partial charge in [0.25, 0.3) is 0 Å². The first-order chi connectivity index (χ1) is 23.1. The normalized spacial score (nSPS) is 13.5. The van der Waals surface area contributed by atoms with Crippen molar-refractivity contribution in [3.05, 3.63) is 137 Å². The number of hydrogen-bond acceptors (Lipinski definition) is 5. The molecule has 4 aromatic carbocycles. The molecule has 0 aromatic heterocycles. The van der Waals surface area contributed by atoms with Crippen molar-refractivity contribution >= 4 is 29.0 Å². The fourth-order valence-corrected chi connectivity index (χ4v) is 6.25. The second-order valence-corrected chi connectivity index (χ2v) is 13.0. The Kier molecular flexibility index (Phi) is 11.0. The maximum atomic E-state index is 12.0. The molecule has 0 unspecified atom stereocenters. The number of aryl methyl sites for hydroxylation is 2. The van der Waals surface area contributed by atoms with Gasteiger partial charge in [-0.2, -0.15) is 0 Å². The standard InChI is InChI=1S/C43H47NO4/c1-7-30(3)41(45)47-27-11-13-32-17-21-34(22-18-32)44(35-23-19-33(20-24-35)14-12-28-48-42(46)31(4)8-2)36-25-26-38-37-15-9-10-16-39(37)43(5,6)40(38)29-36/h7-10,15-26,29H,11-14,27-28H2,1-6H3/b30-7+,31-8+. The van der Waals surface area contributed by atoms with Gasteiger partial charge in [-0.05, 0) is 123 Å². The summed E-state index contributed by atoms with van der Waals surface area (Å²) in [5, 5.41) is 0. The first-order valence-corrected chi connectivity index (χ1v) is 17.0. The number of benzene rings is 4. The van der Waals surface area contributed by atoms with Crippen LogP contribution in [-0.4, -0.2) is 25.2 Å². The molecule has 0 saturated carbocycles. The topological polar surface area (TPSA) is 55.8 Å². The van der Waals surface area contributed by atoms with Gasteiger partial charge in [-0.15, -0.1) is 0 Å². The van der Waals surface area contributed by atoms with Gasteiger partial charge in [0.1, 0.15) is 0 Å². The lowest BCUT2D eigenvalue weighted by Crippen LogP contribution is -2.16. The molecule has 0 fully saturated rings. The van der Waals surface area contributed by atoms with Gasteiger partial charge in [0.2, 0.25) is 0 Å². The van der Waals surface area contributed by atoms with E-state index in [4.69, 9.17) is 9.47 Å². The number of carbonyl (C=O) groups excluding carboxylic acids is 2. The highest BCUT2D eigenvalue weighted by atomic mass is 16.5. The Balaban J connectivity index is 1.37. The summed E-state index contributed by atoms with van der Waals surface area (Å²) in [5.41, 5.74) is 12.1. The number of carbonyl (C=O) groups is 2. The highest BCUT2D eigenvalue weighted by molar-refractivity contribution is 5.88. The molecular formula is C43H47NO4. The van der Waals surface area contributed by atoms with E-state index in [0.717, 1.165) is 42.7 Å². The van der Waals surface area contributed by atoms with Crippen molar-refractivity contribution in [3.8, 4) is 11.1 Å². The van der Waals surface area contributed by atoms with Gasteiger partial charge in [0, 0.05) is 33.6 Å². The number of esters is 2. The largest absolute Gasteiger partial charge is 0.462 e. The monoisotopic (exact) mass is 641 g/mol. The van der Waals surface area contributed by atoms with E-state index in [0.29, 0.717) is 24.4 Å². The van der Waals surface area contributed by atoms with Crippen molar-refractivity contribution in [3.63, 3.8) is 0 Å². The van der Waals surface area contributed by atoms with Crippen molar-refractivity contribution in [1.29, 1.82) is 0 Å². The zero-order valence-electron chi connectivity index (χ0n) is 29.1. The lowest BCUT2D eigenvalue weighted by molar-refractivity contribution is -0.139. The van der Waals surface area contributed by atoms with E-state index >= 15 is 0 Å². The molecule has 0 saturated heterocycles. The molecule has 0 aliphatic heterocycles. The molecule has 0 radical (unpaired) electrons. The van der Waals surface area contributed by atoms with Gasteiger partial charge < -0.3 is 14.4 Å². The second kappa shape index (κ2) is 15.3. The third-order valence-corrected chi connectivity index (χ3v) is 9.41. The van der Waals surface area contributed by atoms with Crippen LogP contribution in [0.4, 0.5) is 17.1 Å². The van der Waals surface area contributed by atoms with Crippen LogP contribution in [0.15, 0.2) is 114 Å². The van der Waals surface area contributed by atoms with E-state index in [1.165, 1.54) is 33.4 Å². The van der Waals surface area contributed by atoms with E-state index < -0.39 is 0 Å². The predicted octanol–water partition coefficient (Wildman–Crippen LogP) is 10.3. The van der Waals surface area contributed by atoms with Crippen LogP contribution in [0.1, 0.15) is 76.6 Å². The highest BCUT2D eigenvalue weighted by Crippen LogP contribution is 2.50. The van der Waals surface area contributed by atoms with Crippen LogP contribution in [0, 0.1) is 0 Å². The molecule has 1 aliphatic carbocycles. The summed E-state index contributed by atoms with van der Waals surface area (Å²) in [6, 6.07) is 32.9. The Bertz CT molecular complexity index is 1730. The molecule has 1 aliphatic rings. The van der Waals surface area contributed by atoms with Crippen LogP contribution in [0.3, 0.4) is 0 Å². The van der Waals surface area contributed by atoms with Gasteiger partial charge in [0.05, 0.1) is 13.2 Å². The minimum atomic E-state index is -0.252. The maximum absolute atomic E-state index is 12.0. The predicted molar refractivity (Wildman–Crippen MR) is 196 cm³/mol. The zero-order valence-corrected chi connectivity index (χ0v) is 29.1. The zero-order chi connectivity index (χ0) is 34.3. The van der Waals surface area contributed by atoms with E-state index in [1.807, 2.05) is 13.8 Å². The lowest BCUT2D eigenvalue weighted by Gasteiger charge is -2.28. The quantitative estimate of drug-likeness (QED) is 0.0826. The first kappa shape index (κ1) is 34.4. The van der Waals surface area contributed by atoms with Crippen LogP contribution in [0.25, 0.3) is 11.1 Å². The summed E-state index contributed by atoms with van der Waals surface area (Å²) in [7, 11) is 0. The van der Waals surface area contributed by atoms with Crippen molar-refractivity contribution in [2.75, 3.05) is 18.1 Å². The molecule has 48 heavy (non-hydrogen) atoms. The third kappa shape index (κ3) is 7.62. The number of hydrogen-bond donors (Lipinski definition) is 0. The van der Waals surface area contributed by atoms with Crippen molar-refractivity contribution in [2.24, 2.45) is 0 Å². The average Bonchev–Trinajstić information content (AvgIpc) is 3.34. The van der Waals surface area contributed by atoms with E-state index in [1.54, 1.807) is 26.0 Å². The maximum Gasteiger partial charge on any atom is 0.333 e. The van der Waals surface area contributed by atoms with Crippen molar-refractivity contribution in [2.45, 2.75) is 72.6 Å². The van der Waals surface area contributed by atoms with Gasteiger partial charge >= 0.3 is 11.9 Å². The second-order valence-electron chi connectivity index (χ2n) is 13.0. The Morgan fingerprint density at radius 2 is 1.08 bits per heavy atom. The molecular weight excluding hydrogens is 594 g/mol. The van der Waals surface area contributed by atoms with Crippen molar-refractivity contribution in [1.82, 2.24) is 0 Å². The first-order valence-electron chi connectivity index (χ1n) is 17.0. The smallest absolute Gasteiger partial charge is 0.333 e. The number of allylic oxidation sites excluding steroid dienone is 2. The van der Waals surface area contributed by atoms with Crippen LogP contribution in [0.2, 0.25) is 0 Å². The molecule has 248 valence electrons. The lowest BCUT2D eigenvalue weighted by atomic mass is 9.82. The highest BCUT2D eigenvalue weighted by Gasteiger charge is 2.35.